The molecule has 25 heavy (non-hydrogen) atoms. The van der Waals surface area contributed by atoms with Crippen LogP contribution in [0.4, 0.5) is 0 Å². The monoisotopic (exact) mass is 400 g/mol. The van der Waals surface area contributed by atoms with Crippen LogP contribution in [0.3, 0.4) is 0 Å². The quantitative estimate of drug-likeness (QED) is 0.730. The number of carbonyl (C=O) groups is 1. The van der Waals surface area contributed by atoms with E-state index in [2.05, 4.69) is 30.9 Å². The minimum absolute atomic E-state index is 0.0301. The lowest BCUT2D eigenvalue weighted by Crippen LogP contribution is -2.44. The predicted octanol–water partition coefficient (Wildman–Crippen LogP) is 3.40. The Morgan fingerprint density at radius 2 is 2.08 bits per heavy atom. The number of hydrogen-bond acceptors (Lipinski definition) is 4. The molecule has 1 saturated heterocycles. The third kappa shape index (κ3) is 3.37. The maximum atomic E-state index is 12.9. The predicted molar refractivity (Wildman–Crippen MR) is 97.6 cm³/mol. The highest BCUT2D eigenvalue weighted by Crippen LogP contribution is 2.22. The van der Waals surface area contributed by atoms with E-state index in [1.54, 1.807) is 18.6 Å². The number of ether oxygens (including phenoxy) is 1. The molecule has 3 aromatic rings. The van der Waals surface area contributed by atoms with Crippen LogP contribution in [-0.2, 0) is 0 Å². The number of fused-ring (bicyclic) bond motifs is 1. The minimum Gasteiger partial charge on any atom is -0.458 e. The lowest BCUT2D eigenvalue weighted by atomic mass is 10.1. The van der Waals surface area contributed by atoms with Crippen molar-refractivity contribution in [1.29, 1.82) is 0 Å². The van der Waals surface area contributed by atoms with E-state index in [0.29, 0.717) is 18.1 Å². The van der Waals surface area contributed by atoms with Crippen molar-refractivity contribution in [2.45, 2.75) is 18.9 Å². The molecule has 1 aliphatic heterocycles. The number of amides is 1. The molecule has 4 rings (SSSR count). The highest BCUT2D eigenvalue weighted by Gasteiger charge is 2.27. The normalized spacial score (nSPS) is 17.6. The molecule has 2 aromatic heterocycles. The molecule has 0 saturated carbocycles. The summed E-state index contributed by atoms with van der Waals surface area (Å²) in [6, 6.07) is 8.18. The molecule has 1 aliphatic rings. The summed E-state index contributed by atoms with van der Waals surface area (Å²) in [6.45, 7) is 1.27. The van der Waals surface area contributed by atoms with Crippen LogP contribution in [0.15, 0.2) is 47.3 Å². The zero-order chi connectivity index (χ0) is 17.2. The Balaban J connectivity index is 1.49. The van der Waals surface area contributed by atoms with Gasteiger partial charge in [0.05, 0.1) is 16.6 Å². The molecule has 1 N–H and O–H groups in total. The maximum Gasteiger partial charge on any atom is 0.316 e. The van der Waals surface area contributed by atoms with Gasteiger partial charge in [0, 0.05) is 36.0 Å². The van der Waals surface area contributed by atoms with Gasteiger partial charge in [-0.25, -0.2) is 9.97 Å². The lowest BCUT2D eigenvalue weighted by molar-refractivity contribution is 0.0517. The summed E-state index contributed by atoms with van der Waals surface area (Å²) in [6.07, 6.45) is 6.78. The Bertz CT molecular complexity index is 893. The van der Waals surface area contributed by atoms with Crippen LogP contribution in [-0.4, -0.2) is 45.0 Å². The number of para-hydroxylation sites is 1. The van der Waals surface area contributed by atoms with Crippen molar-refractivity contribution in [3.63, 3.8) is 0 Å². The molecule has 3 heterocycles. The molecule has 1 aromatic carbocycles. The number of hydrogen-bond donors (Lipinski definition) is 1. The van der Waals surface area contributed by atoms with Gasteiger partial charge in [-0.05, 0) is 34.8 Å². The van der Waals surface area contributed by atoms with Gasteiger partial charge >= 0.3 is 6.01 Å². The molecule has 0 bridgehead atoms. The second-order valence-corrected chi connectivity index (χ2v) is 6.98. The third-order valence-corrected chi connectivity index (χ3v) is 4.76. The molecule has 0 radical (unpaired) electrons. The largest absolute Gasteiger partial charge is 0.458 e. The summed E-state index contributed by atoms with van der Waals surface area (Å²) in [5, 5.41) is 0.951. The van der Waals surface area contributed by atoms with E-state index in [0.717, 1.165) is 34.8 Å². The van der Waals surface area contributed by atoms with Crippen molar-refractivity contribution in [3.8, 4) is 6.01 Å². The number of aromatic amines is 1. The van der Waals surface area contributed by atoms with E-state index < -0.39 is 0 Å². The van der Waals surface area contributed by atoms with Gasteiger partial charge in [-0.2, -0.15) is 0 Å². The number of aromatic nitrogens is 3. The number of carbonyl (C=O) groups excluding carboxylic acids is 1. The standard InChI is InChI=1S/C18H17BrN4O2/c19-12-8-21-18(22-9-12)25-13-4-3-7-23(11-13)17(24)15-10-20-16-6-2-1-5-14(15)16/h1-2,5-6,8-10,13,20H,3-4,7,11H2/t13-/m1/s1. The topological polar surface area (TPSA) is 71.1 Å². The van der Waals surface area contributed by atoms with Gasteiger partial charge in [0.15, 0.2) is 0 Å². The smallest absolute Gasteiger partial charge is 0.316 e. The Labute approximate surface area is 153 Å². The first-order valence-corrected chi connectivity index (χ1v) is 8.99. The highest BCUT2D eigenvalue weighted by molar-refractivity contribution is 9.10. The fourth-order valence-corrected chi connectivity index (χ4v) is 3.35. The maximum absolute atomic E-state index is 12.9. The average molecular weight is 401 g/mol. The summed E-state index contributed by atoms with van der Waals surface area (Å²) in [5.74, 6) is 0.0301. The second-order valence-electron chi connectivity index (χ2n) is 6.07. The fraction of sp³-hybridized carbons (Fsp3) is 0.278. The zero-order valence-corrected chi connectivity index (χ0v) is 15.1. The summed E-state index contributed by atoms with van der Waals surface area (Å²) in [5.41, 5.74) is 1.68. The number of nitrogens with zero attached hydrogens (tertiary/aromatic N) is 3. The second kappa shape index (κ2) is 6.84. The van der Waals surface area contributed by atoms with E-state index in [9.17, 15) is 4.79 Å². The van der Waals surface area contributed by atoms with E-state index in [1.807, 2.05) is 29.2 Å². The summed E-state index contributed by atoms with van der Waals surface area (Å²) in [7, 11) is 0. The number of likely N-dealkylation sites (tertiary alicyclic amines) is 1. The van der Waals surface area contributed by atoms with Crippen LogP contribution in [0.2, 0.25) is 0 Å². The van der Waals surface area contributed by atoms with E-state index in [4.69, 9.17) is 4.74 Å². The molecule has 128 valence electrons. The van der Waals surface area contributed by atoms with Crippen molar-refractivity contribution in [1.82, 2.24) is 19.9 Å². The molecular formula is C18H17BrN4O2. The molecule has 7 heteroatoms. The van der Waals surface area contributed by atoms with Crippen LogP contribution >= 0.6 is 15.9 Å². The lowest BCUT2D eigenvalue weighted by Gasteiger charge is -2.32. The van der Waals surface area contributed by atoms with Gasteiger partial charge in [0.25, 0.3) is 5.91 Å². The number of halogens is 1. The Kier molecular flexibility index (Phi) is 4.40. The SMILES string of the molecule is O=C(c1c[nH]c2ccccc12)N1CCC[C@@H](Oc2ncc(Br)cn2)C1. The van der Waals surface area contributed by atoms with E-state index in [1.165, 1.54) is 0 Å². The van der Waals surface area contributed by atoms with Crippen molar-refractivity contribution >= 4 is 32.7 Å². The van der Waals surface area contributed by atoms with Crippen molar-refractivity contribution in [2.75, 3.05) is 13.1 Å². The summed E-state index contributed by atoms with van der Waals surface area (Å²) in [4.78, 5) is 26.2. The van der Waals surface area contributed by atoms with Crippen LogP contribution in [0.1, 0.15) is 23.2 Å². The number of benzene rings is 1. The number of H-pyrrole nitrogens is 1. The summed E-state index contributed by atoms with van der Waals surface area (Å²) >= 11 is 3.30. The minimum atomic E-state index is -0.0934. The van der Waals surface area contributed by atoms with Crippen molar-refractivity contribution < 1.29 is 9.53 Å². The first kappa shape index (κ1) is 16.1. The average Bonchev–Trinajstić information content (AvgIpc) is 3.07. The zero-order valence-electron chi connectivity index (χ0n) is 13.5. The van der Waals surface area contributed by atoms with Crippen LogP contribution in [0, 0.1) is 0 Å². The number of piperidine rings is 1. The molecule has 0 spiro atoms. The molecule has 1 amide bonds. The Morgan fingerprint density at radius 1 is 1.28 bits per heavy atom. The molecule has 0 aliphatic carbocycles. The van der Waals surface area contributed by atoms with Crippen molar-refractivity contribution in [2.24, 2.45) is 0 Å². The van der Waals surface area contributed by atoms with E-state index >= 15 is 0 Å². The van der Waals surface area contributed by atoms with Gasteiger partial charge < -0.3 is 14.6 Å². The van der Waals surface area contributed by atoms with Crippen LogP contribution in [0.25, 0.3) is 10.9 Å². The van der Waals surface area contributed by atoms with Gasteiger partial charge in [0.1, 0.15) is 6.10 Å². The third-order valence-electron chi connectivity index (χ3n) is 4.35. The highest BCUT2D eigenvalue weighted by atomic mass is 79.9. The van der Waals surface area contributed by atoms with E-state index in [-0.39, 0.29) is 12.0 Å². The Morgan fingerprint density at radius 3 is 2.92 bits per heavy atom. The van der Waals surface area contributed by atoms with Crippen LogP contribution < -0.4 is 4.74 Å². The molecule has 1 fully saturated rings. The van der Waals surface area contributed by atoms with Crippen molar-refractivity contribution in [3.05, 3.63) is 52.9 Å². The van der Waals surface area contributed by atoms with Crippen LogP contribution in [0.5, 0.6) is 6.01 Å². The number of rotatable bonds is 3. The van der Waals surface area contributed by atoms with Gasteiger partial charge in [0.2, 0.25) is 0 Å². The summed E-state index contributed by atoms with van der Waals surface area (Å²) < 4.78 is 6.66. The molecule has 6 nitrogen and oxygen atoms in total. The molecule has 1 atom stereocenters. The van der Waals surface area contributed by atoms with Gasteiger partial charge in [-0.15, -0.1) is 0 Å². The molecule has 0 unspecified atom stereocenters. The number of nitrogens with one attached hydrogen (secondary N) is 1. The van der Waals surface area contributed by atoms with Gasteiger partial charge in [-0.3, -0.25) is 4.79 Å². The van der Waals surface area contributed by atoms with Gasteiger partial charge in [-0.1, -0.05) is 18.2 Å². The fourth-order valence-electron chi connectivity index (χ4n) is 3.15. The molecular weight excluding hydrogens is 384 g/mol. The first-order valence-electron chi connectivity index (χ1n) is 8.20. The Hall–Kier alpha value is -2.41. The first-order chi connectivity index (χ1) is 12.2.